The smallest absolute Gasteiger partial charge is 0.347 e. The van der Waals surface area contributed by atoms with E-state index in [0.29, 0.717) is 10.8 Å². The van der Waals surface area contributed by atoms with E-state index >= 15 is 0 Å². The molecule has 1 aliphatic heterocycles. The SMILES string of the molecule is CC(C)Cc1nc(CN2CCOCC2)sc1C(=O)O. The van der Waals surface area contributed by atoms with Crippen molar-refractivity contribution in [3.05, 3.63) is 15.6 Å². The van der Waals surface area contributed by atoms with E-state index < -0.39 is 5.97 Å². The van der Waals surface area contributed by atoms with E-state index in [4.69, 9.17) is 4.74 Å². The van der Waals surface area contributed by atoms with Crippen LogP contribution in [0.4, 0.5) is 0 Å². The lowest BCUT2D eigenvalue weighted by Crippen LogP contribution is -2.35. The minimum Gasteiger partial charge on any atom is -0.477 e. The van der Waals surface area contributed by atoms with E-state index in [1.807, 2.05) is 0 Å². The summed E-state index contributed by atoms with van der Waals surface area (Å²) in [5, 5.41) is 10.1. The monoisotopic (exact) mass is 284 g/mol. The number of aromatic nitrogens is 1. The van der Waals surface area contributed by atoms with Crippen LogP contribution in [0.5, 0.6) is 0 Å². The molecule has 0 aromatic carbocycles. The molecule has 0 unspecified atom stereocenters. The fourth-order valence-corrected chi connectivity index (χ4v) is 3.08. The molecule has 1 saturated heterocycles. The van der Waals surface area contributed by atoms with Crippen LogP contribution in [0.3, 0.4) is 0 Å². The van der Waals surface area contributed by atoms with Crippen LogP contribution in [0, 0.1) is 5.92 Å². The zero-order valence-corrected chi connectivity index (χ0v) is 12.2. The normalized spacial score (nSPS) is 17.0. The number of hydrogen-bond acceptors (Lipinski definition) is 5. The van der Waals surface area contributed by atoms with E-state index in [1.54, 1.807) is 0 Å². The molecule has 1 aliphatic rings. The second kappa shape index (κ2) is 6.45. The summed E-state index contributed by atoms with van der Waals surface area (Å²) in [6.07, 6.45) is 0.723. The molecule has 0 atom stereocenters. The van der Waals surface area contributed by atoms with Gasteiger partial charge in [-0.1, -0.05) is 13.8 Å². The van der Waals surface area contributed by atoms with Gasteiger partial charge in [-0.3, -0.25) is 4.90 Å². The topological polar surface area (TPSA) is 62.7 Å². The molecule has 0 saturated carbocycles. The van der Waals surface area contributed by atoms with Gasteiger partial charge in [-0.2, -0.15) is 0 Å². The number of carbonyl (C=O) groups is 1. The molecular formula is C13H20N2O3S. The quantitative estimate of drug-likeness (QED) is 0.894. The van der Waals surface area contributed by atoms with Gasteiger partial charge in [-0.25, -0.2) is 9.78 Å². The summed E-state index contributed by atoms with van der Waals surface area (Å²) in [6, 6.07) is 0. The van der Waals surface area contributed by atoms with Gasteiger partial charge in [0.2, 0.25) is 0 Å². The van der Waals surface area contributed by atoms with Gasteiger partial charge in [-0.15, -0.1) is 11.3 Å². The molecule has 6 heteroatoms. The second-order valence-corrected chi connectivity index (χ2v) is 6.26. The average Bonchev–Trinajstić information content (AvgIpc) is 2.72. The molecule has 0 spiro atoms. The lowest BCUT2D eigenvalue weighted by molar-refractivity contribution is 0.0341. The Morgan fingerprint density at radius 3 is 2.74 bits per heavy atom. The molecular weight excluding hydrogens is 264 g/mol. The Balaban J connectivity index is 2.10. The summed E-state index contributed by atoms with van der Waals surface area (Å²) in [5.41, 5.74) is 0.732. The van der Waals surface area contributed by atoms with Gasteiger partial charge in [0.05, 0.1) is 25.5 Å². The number of ether oxygens (including phenoxy) is 1. The Morgan fingerprint density at radius 1 is 1.47 bits per heavy atom. The van der Waals surface area contributed by atoms with Crippen molar-refractivity contribution >= 4 is 17.3 Å². The van der Waals surface area contributed by atoms with Gasteiger partial charge in [0.25, 0.3) is 0 Å². The summed E-state index contributed by atoms with van der Waals surface area (Å²) >= 11 is 1.31. The summed E-state index contributed by atoms with van der Waals surface area (Å²) in [6.45, 7) is 8.15. The van der Waals surface area contributed by atoms with Crippen molar-refractivity contribution in [1.82, 2.24) is 9.88 Å². The molecule has 2 rings (SSSR count). The number of morpholine rings is 1. The lowest BCUT2D eigenvalue weighted by Gasteiger charge is -2.25. The second-order valence-electron chi connectivity index (χ2n) is 5.18. The maximum atomic E-state index is 11.2. The van der Waals surface area contributed by atoms with Crippen LogP contribution in [0.2, 0.25) is 0 Å². The largest absolute Gasteiger partial charge is 0.477 e. The molecule has 1 aromatic heterocycles. The highest BCUT2D eigenvalue weighted by molar-refractivity contribution is 7.13. The number of nitrogens with zero attached hydrogens (tertiary/aromatic N) is 2. The Bertz CT molecular complexity index is 439. The van der Waals surface area contributed by atoms with Gasteiger partial charge in [-0.05, 0) is 12.3 Å². The zero-order valence-electron chi connectivity index (χ0n) is 11.4. The number of hydrogen-bond donors (Lipinski definition) is 1. The first-order valence-electron chi connectivity index (χ1n) is 6.58. The summed E-state index contributed by atoms with van der Waals surface area (Å²) in [4.78, 5) is 18.4. The molecule has 2 heterocycles. The average molecular weight is 284 g/mol. The predicted molar refractivity (Wildman–Crippen MR) is 73.7 cm³/mol. The summed E-state index contributed by atoms with van der Waals surface area (Å²) in [5.74, 6) is -0.446. The third-order valence-electron chi connectivity index (χ3n) is 3.00. The van der Waals surface area contributed by atoms with Crippen molar-refractivity contribution in [1.29, 1.82) is 0 Å². The number of carboxylic acid groups (broad SMARTS) is 1. The first-order chi connectivity index (χ1) is 9.06. The molecule has 0 bridgehead atoms. The van der Waals surface area contributed by atoms with Crippen molar-refractivity contribution in [3.63, 3.8) is 0 Å². The highest BCUT2D eigenvalue weighted by Crippen LogP contribution is 2.23. The zero-order chi connectivity index (χ0) is 13.8. The van der Waals surface area contributed by atoms with Gasteiger partial charge in [0, 0.05) is 13.1 Å². The highest BCUT2D eigenvalue weighted by Gasteiger charge is 2.20. The van der Waals surface area contributed by atoms with Crippen LogP contribution in [-0.4, -0.2) is 47.3 Å². The highest BCUT2D eigenvalue weighted by atomic mass is 32.1. The fourth-order valence-electron chi connectivity index (χ4n) is 2.11. The van der Waals surface area contributed by atoms with Gasteiger partial charge in [0.15, 0.2) is 0 Å². The van der Waals surface area contributed by atoms with Gasteiger partial charge in [0.1, 0.15) is 9.88 Å². The van der Waals surface area contributed by atoms with Crippen LogP contribution >= 0.6 is 11.3 Å². The molecule has 1 N–H and O–H groups in total. The molecule has 0 radical (unpaired) electrons. The van der Waals surface area contributed by atoms with Crippen molar-refractivity contribution in [2.45, 2.75) is 26.8 Å². The van der Waals surface area contributed by atoms with Crippen LogP contribution in [0.15, 0.2) is 0 Å². The number of thiazole rings is 1. The minimum absolute atomic E-state index is 0.400. The maximum Gasteiger partial charge on any atom is 0.347 e. The van der Waals surface area contributed by atoms with E-state index in [9.17, 15) is 9.90 Å². The summed E-state index contributed by atoms with van der Waals surface area (Å²) in [7, 11) is 0. The van der Waals surface area contributed by atoms with Gasteiger partial charge >= 0.3 is 5.97 Å². The maximum absolute atomic E-state index is 11.2. The fraction of sp³-hybridized carbons (Fsp3) is 0.692. The van der Waals surface area contributed by atoms with E-state index in [2.05, 4.69) is 23.7 Å². The van der Waals surface area contributed by atoms with Crippen LogP contribution in [0.25, 0.3) is 0 Å². The van der Waals surface area contributed by atoms with Crippen molar-refractivity contribution < 1.29 is 14.6 Å². The van der Waals surface area contributed by atoms with E-state index in [1.165, 1.54) is 11.3 Å². The number of aromatic carboxylic acids is 1. The van der Waals surface area contributed by atoms with Crippen LogP contribution < -0.4 is 0 Å². The number of rotatable bonds is 5. The Kier molecular flexibility index (Phi) is 4.90. The standard InChI is InChI=1S/C13H20N2O3S/c1-9(2)7-10-12(13(16)17)19-11(14-10)8-15-3-5-18-6-4-15/h9H,3-8H2,1-2H3,(H,16,17). The predicted octanol–water partition coefficient (Wildman–Crippen LogP) is 1.87. The number of carboxylic acids is 1. The van der Waals surface area contributed by atoms with Gasteiger partial charge < -0.3 is 9.84 Å². The summed E-state index contributed by atoms with van der Waals surface area (Å²) < 4.78 is 5.30. The van der Waals surface area contributed by atoms with E-state index in [-0.39, 0.29) is 0 Å². The van der Waals surface area contributed by atoms with Crippen LogP contribution in [0.1, 0.15) is 34.2 Å². The first-order valence-corrected chi connectivity index (χ1v) is 7.40. The first kappa shape index (κ1) is 14.4. The molecule has 0 amide bonds. The minimum atomic E-state index is -0.860. The van der Waals surface area contributed by atoms with Crippen molar-refractivity contribution in [3.8, 4) is 0 Å². The molecule has 19 heavy (non-hydrogen) atoms. The Hall–Kier alpha value is -0.980. The van der Waals surface area contributed by atoms with E-state index in [0.717, 1.165) is 50.0 Å². The molecule has 1 fully saturated rings. The third kappa shape index (κ3) is 3.99. The van der Waals surface area contributed by atoms with Crippen molar-refractivity contribution in [2.24, 2.45) is 5.92 Å². The lowest BCUT2D eigenvalue weighted by atomic mass is 10.1. The Morgan fingerprint density at radius 2 is 2.16 bits per heavy atom. The van der Waals surface area contributed by atoms with Crippen molar-refractivity contribution in [2.75, 3.05) is 26.3 Å². The molecule has 1 aromatic rings. The molecule has 5 nitrogen and oxygen atoms in total. The molecule has 0 aliphatic carbocycles. The van der Waals surface area contributed by atoms with Crippen LogP contribution in [-0.2, 0) is 17.7 Å². The Labute approximate surface area is 117 Å². The third-order valence-corrected chi connectivity index (χ3v) is 4.07. The molecule has 106 valence electrons.